The summed E-state index contributed by atoms with van der Waals surface area (Å²) in [4.78, 5) is 18.2. The molecule has 0 fully saturated rings. The van der Waals surface area contributed by atoms with Crippen molar-refractivity contribution in [2.75, 3.05) is 5.32 Å². The molecule has 0 saturated carbocycles. The van der Waals surface area contributed by atoms with Gasteiger partial charge in [0.1, 0.15) is 5.69 Å². The monoisotopic (exact) mass is 361 g/mol. The molecule has 1 N–H and O–H groups in total. The van der Waals surface area contributed by atoms with Crippen LogP contribution in [0.4, 0.5) is 5.69 Å². The number of nitrogens with one attached hydrogen (secondary N) is 1. The maximum Gasteiger partial charge on any atom is 0.273 e. The number of benzene rings is 2. The Balaban J connectivity index is 1.64. The van der Waals surface area contributed by atoms with Crippen molar-refractivity contribution in [3.8, 4) is 11.3 Å². The normalized spacial score (nSPS) is 11.0. The molecule has 0 aliphatic carbocycles. The van der Waals surface area contributed by atoms with E-state index in [4.69, 9.17) is 0 Å². The Labute approximate surface area is 156 Å². The van der Waals surface area contributed by atoms with E-state index in [9.17, 15) is 4.79 Å². The molecule has 4 rings (SSSR count). The van der Waals surface area contributed by atoms with Gasteiger partial charge in [-0.25, -0.2) is 4.98 Å². The molecule has 0 bridgehead atoms. The fourth-order valence-electron chi connectivity index (χ4n) is 2.82. The Kier molecular flexibility index (Phi) is 4.09. The second kappa shape index (κ2) is 6.42. The van der Waals surface area contributed by atoms with Gasteiger partial charge in [-0.05, 0) is 44.0 Å². The maximum absolute atomic E-state index is 12.7. The number of rotatable bonds is 3. The Bertz CT molecular complexity index is 1110. The predicted molar refractivity (Wildman–Crippen MR) is 107 cm³/mol. The minimum Gasteiger partial charge on any atom is -0.321 e. The average Bonchev–Trinajstić information content (AvgIpc) is 3.19. The van der Waals surface area contributed by atoms with Gasteiger partial charge in [0.15, 0.2) is 4.96 Å². The van der Waals surface area contributed by atoms with Crippen LogP contribution in [-0.4, -0.2) is 15.3 Å². The van der Waals surface area contributed by atoms with Gasteiger partial charge >= 0.3 is 0 Å². The lowest BCUT2D eigenvalue weighted by Gasteiger charge is -2.07. The van der Waals surface area contributed by atoms with Crippen LogP contribution in [0.2, 0.25) is 0 Å². The molecular formula is C21H19N3OS. The van der Waals surface area contributed by atoms with Gasteiger partial charge in [0.05, 0.1) is 5.69 Å². The molecule has 0 spiro atoms. The first-order chi connectivity index (χ1) is 12.5. The molecule has 5 heteroatoms. The van der Waals surface area contributed by atoms with Crippen LogP contribution < -0.4 is 5.32 Å². The fraction of sp³-hybridized carbons (Fsp3) is 0.143. The summed E-state index contributed by atoms with van der Waals surface area (Å²) in [5.74, 6) is -0.132. The van der Waals surface area contributed by atoms with Gasteiger partial charge in [-0.1, -0.05) is 35.9 Å². The minimum atomic E-state index is -0.132. The first-order valence-corrected chi connectivity index (χ1v) is 9.31. The van der Waals surface area contributed by atoms with Crippen LogP contribution >= 0.6 is 11.3 Å². The van der Waals surface area contributed by atoms with Gasteiger partial charge in [-0.3, -0.25) is 9.20 Å². The summed E-state index contributed by atoms with van der Waals surface area (Å²) in [6, 6.07) is 14.2. The smallest absolute Gasteiger partial charge is 0.273 e. The number of hydrogen-bond donors (Lipinski definition) is 1. The highest BCUT2D eigenvalue weighted by Crippen LogP contribution is 2.25. The van der Waals surface area contributed by atoms with Crippen LogP contribution in [0.15, 0.2) is 54.0 Å². The lowest BCUT2D eigenvalue weighted by atomic mass is 10.1. The number of aryl methyl sites for hydroxylation is 3. The van der Waals surface area contributed by atoms with Gasteiger partial charge < -0.3 is 5.32 Å². The molecule has 0 aliphatic heterocycles. The molecule has 0 unspecified atom stereocenters. The van der Waals surface area contributed by atoms with Gasteiger partial charge in [-0.2, -0.15) is 0 Å². The van der Waals surface area contributed by atoms with Crippen molar-refractivity contribution in [3.05, 3.63) is 76.4 Å². The summed E-state index contributed by atoms with van der Waals surface area (Å²) < 4.78 is 1.86. The first-order valence-electron chi connectivity index (χ1n) is 8.43. The maximum atomic E-state index is 12.7. The van der Waals surface area contributed by atoms with E-state index in [0.29, 0.717) is 5.69 Å². The Morgan fingerprint density at radius 2 is 1.81 bits per heavy atom. The molecule has 2 aromatic heterocycles. The highest BCUT2D eigenvalue weighted by molar-refractivity contribution is 7.15. The Hall–Kier alpha value is -2.92. The fourth-order valence-corrected chi connectivity index (χ4v) is 3.68. The molecule has 4 nitrogen and oxygen atoms in total. The summed E-state index contributed by atoms with van der Waals surface area (Å²) >= 11 is 1.47. The zero-order valence-electron chi connectivity index (χ0n) is 14.9. The highest BCUT2D eigenvalue weighted by atomic mass is 32.1. The Morgan fingerprint density at radius 1 is 1.04 bits per heavy atom. The molecule has 0 atom stereocenters. The number of fused-ring (bicyclic) bond motifs is 1. The van der Waals surface area contributed by atoms with Crippen LogP contribution in [-0.2, 0) is 0 Å². The van der Waals surface area contributed by atoms with Gasteiger partial charge in [0.2, 0.25) is 0 Å². The van der Waals surface area contributed by atoms with Crippen molar-refractivity contribution in [1.82, 2.24) is 9.38 Å². The lowest BCUT2D eigenvalue weighted by Crippen LogP contribution is -2.14. The number of hydrogen-bond acceptors (Lipinski definition) is 3. The second-order valence-corrected chi connectivity index (χ2v) is 7.36. The zero-order chi connectivity index (χ0) is 18.3. The van der Waals surface area contributed by atoms with E-state index in [1.54, 1.807) is 0 Å². The van der Waals surface area contributed by atoms with Gasteiger partial charge in [-0.15, -0.1) is 11.3 Å². The number of nitrogens with zero attached hydrogens (tertiary/aromatic N) is 2. The third-order valence-electron chi connectivity index (χ3n) is 4.55. The van der Waals surface area contributed by atoms with E-state index in [1.165, 1.54) is 22.5 Å². The topological polar surface area (TPSA) is 46.4 Å². The van der Waals surface area contributed by atoms with E-state index in [2.05, 4.69) is 48.4 Å². The average molecular weight is 361 g/mol. The molecule has 2 heterocycles. The molecule has 2 aromatic carbocycles. The third kappa shape index (κ3) is 3.02. The molecule has 0 aliphatic rings. The standard InChI is InChI=1S/C21H19N3OS/c1-13-4-7-16(8-5-13)18-11-24-19(12-26-21(24)23-18)20(25)22-17-9-6-14(2)15(3)10-17/h4-12H,1-3H3,(H,22,25). The van der Waals surface area contributed by atoms with E-state index in [1.807, 2.05) is 41.1 Å². The summed E-state index contributed by atoms with van der Waals surface area (Å²) in [7, 11) is 0. The zero-order valence-corrected chi connectivity index (χ0v) is 15.7. The third-order valence-corrected chi connectivity index (χ3v) is 5.39. The van der Waals surface area contributed by atoms with E-state index in [0.717, 1.165) is 27.5 Å². The van der Waals surface area contributed by atoms with Crippen molar-refractivity contribution in [2.24, 2.45) is 0 Å². The summed E-state index contributed by atoms with van der Waals surface area (Å²) in [5.41, 5.74) is 6.89. The number of thiazole rings is 1. The summed E-state index contributed by atoms with van der Waals surface area (Å²) in [6.45, 7) is 6.16. The summed E-state index contributed by atoms with van der Waals surface area (Å²) in [6.07, 6.45) is 1.92. The molecule has 0 saturated heterocycles. The summed E-state index contributed by atoms with van der Waals surface area (Å²) in [5, 5.41) is 4.83. The quantitative estimate of drug-likeness (QED) is 0.542. The van der Waals surface area contributed by atoms with Crippen LogP contribution in [0.5, 0.6) is 0 Å². The Morgan fingerprint density at radius 3 is 2.54 bits per heavy atom. The minimum absolute atomic E-state index is 0.132. The number of amides is 1. The van der Waals surface area contributed by atoms with Crippen LogP contribution in [0.3, 0.4) is 0 Å². The van der Waals surface area contributed by atoms with E-state index < -0.39 is 0 Å². The number of anilines is 1. The SMILES string of the molecule is Cc1ccc(-c2cn3c(C(=O)Nc4ccc(C)c(C)c4)csc3n2)cc1. The van der Waals surface area contributed by atoms with Gasteiger partial charge in [0, 0.05) is 22.8 Å². The largest absolute Gasteiger partial charge is 0.321 e. The molecule has 4 aromatic rings. The van der Waals surface area contributed by atoms with Gasteiger partial charge in [0.25, 0.3) is 5.91 Å². The number of imidazole rings is 1. The van der Waals surface area contributed by atoms with Crippen molar-refractivity contribution >= 4 is 27.9 Å². The second-order valence-electron chi connectivity index (χ2n) is 6.52. The van der Waals surface area contributed by atoms with Crippen molar-refractivity contribution in [2.45, 2.75) is 20.8 Å². The number of aromatic nitrogens is 2. The number of carbonyl (C=O) groups excluding carboxylic acids is 1. The molecule has 26 heavy (non-hydrogen) atoms. The molecular weight excluding hydrogens is 342 g/mol. The molecule has 1 amide bonds. The van der Waals surface area contributed by atoms with Crippen LogP contribution in [0, 0.1) is 20.8 Å². The molecule has 130 valence electrons. The highest BCUT2D eigenvalue weighted by Gasteiger charge is 2.15. The van der Waals surface area contributed by atoms with Crippen LogP contribution in [0.1, 0.15) is 27.2 Å². The van der Waals surface area contributed by atoms with E-state index in [-0.39, 0.29) is 5.91 Å². The molecule has 0 radical (unpaired) electrons. The van der Waals surface area contributed by atoms with Crippen molar-refractivity contribution in [3.63, 3.8) is 0 Å². The van der Waals surface area contributed by atoms with Crippen molar-refractivity contribution in [1.29, 1.82) is 0 Å². The number of carbonyl (C=O) groups is 1. The van der Waals surface area contributed by atoms with Crippen molar-refractivity contribution < 1.29 is 4.79 Å². The first kappa shape index (κ1) is 16.5. The predicted octanol–water partition coefficient (Wildman–Crippen LogP) is 5.24. The van der Waals surface area contributed by atoms with Crippen LogP contribution in [0.25, 0.3) is 16.2 Å². The van der Waals surface area contributed by atoms with E-state index >= 15 is 0 Å². The lowest BCUT2D eigenvalue weighted by molar-refractivity contribution is 0.102.